The van der Waals surface area contributed by atoms with Crippen LogP contribution in [0.25, 0.3) is 0 Å². The van der Waals surface area contributed by atoms with Gasteiger partial charge in [0.05, 0.1) is 6.54 Å². The zero-order chi connectivity index (χ0) is 9.97. The molecule has 0 saturated carbocycles. The molecule has 0 N–H and O–H groups in total. The van der Waals surface area contributed by atoms with Crippen molar-refractivity contribution in [1.82, 2.24) is 9.78 Å². The maximum absolute atomic E-state index is 4.41. The number of hydrogen-bond acceptors (Lipinski definition) is 1. The van der Waals surface area contributed by atoms with Gasteiger partial charge in [0.25, 0.3) is 0 Å². The first-order valence-corrected chi connectivity index (χ1v) is 5.57. The van der Waals surface area contributed by atoms with Crippen LogP contribution in [0.4, 0.5) is 0 Å². The summed E-state index contributed by atoms with van der Waals surface area (Å²) in [7, 11) is 0. The standard InChI is InChI=1S/C11H11IN2/c1-9-7-14(13-11(9)12)8-10-5-3-2-4-6-10/h2-7H,8H2,1H3. The highest BCUT2D eigenvalue weighted by Crippen LogP contribution is 2.09. The van der Waals surface area contributed by atoms with Crippen molar-refractivity contribution in [2.75, 3.05) is 0 Å². The van der Waals surface area contributed by atoms with Gasteiger partial charge in [0, 0.05) is 11.8 Å². The Morgan fingerprint density at radius 1 is 1.29 bits per heavy atom. The molecule has 1 aromatic heterocycles. The van der Waals surface area contributed by atoms with Gasteiger partial charge in [0.15, 0.2) is 0 Å². The van der Waals surface area contributed by atoms with Gasteiger partial charge in [0.2, 0.25) is 0 Å². The molecule has 0 bridgehead atoms. The lowest BCUT2D eigenvalue weighted by molar-refractivity contribution is 0.681. The molecule has 0 amide bonds. The summed E-state index contributed by atoms with van der Waals surface area (Å²) in [5, 5.41) is 4.41. The molecular formula is C11H11IN2. The second-order valence-electron chi connectivity index (χ2n) is 3.29. The van der Waals surface area contributed by atoms with Crippen molar-refractivity contribution in [2.45, 2.75) is 13.5 Å². The average molecular weight is 298 g/mol. The smallest absolute Gasteiger partial charge is 0.126 e. The summed E-state index contributed by atoms with van der Waals surface area (Å²) in [6.45, 7) is 2.93. The summed E-state index contributed by atoms with van der Waals surface area (Å²) < 4.78 is 3.06. The van der Waals surface area contributed by atoms with Crippen LogP contribution in [0.1, 0.15) is 11.1 Å². The fraction of sp³-hybridized carbons (Fsp3) is 0.182. The van der Waals surface area contributed by atoms with Gasteiger partial charge >= 0.3 is 0 Å². The minimum atomic E-state index is 0.852. The molecule has 0 radical (unpaired) electrons. The number of nitrogens with zero attached hydrogens (tertiary/aromatic N) is 2. The van der Waals surface area contributed by atoms with E-state index in [9.17, 15) is 0 Å². The van der Waals surface area contributed by atoms with E-state index in [1.54, 1.807) is 0 Å². The Morgan fingerprint density at radius 3 is 2.57 bits per heavy atom. The Labute approximate surface area is 97.1 Å². The van der Waals surface area contributed by atoms with Crippen LogP contribution in [0.2, 0.25) is 0 Å². The summed E-state index contributed by atoms with van der Waals surface area (Å²) in [4.78, 5) is 0. The van der Waals surface area contributed by atoms with E-state index in [-0.39, 0.29) is 0 Å². The van der Waals surface area contributed by atoms with E-state index in [0.717, 1.165) is 10.2 Å². The fourth-order valence-electron chi connectivity index (χ4n) is 1.35. The molecule has 1 heterocycles. The molecule has 0 aliphatic carbocycles. The predicted octanol–water partition coefficient (Wildman–Crippen LogP) is 2.84. The van der Waals surface area contributed by atoms with E-state index in [4.69, 9.17) is 0 Å². The fourth-order valence-corrected chi connectivity index (χ4v) is 1.77. The first kappa shape index (κ1) is 9.71. The van der Waals surface area contributed by atoms with Crippen LogP contribution in [-0.4, -0.2) is 9.78 Å². The summed E-state index contributed by atoms with van der Waals surface area (Å²) in [5.74, 6) is 0. The van der Waals surface area contributed by atoms with Crippen LogP contribution in [0.3, 0.4) is 0 Å². The van der Waals surface area contributed by atoms with Crippen LogP contribution in [0.5, 0.6) is 0 Å². The molecule has 0 aliphatic rings. The lowest BCUT2D eigenvalue weighted by Gasteiger charge is -2.00. The van der Waals surface area contributed by atoms with Gasteiger partial charge in [-0.2, -0.15) is 5.10 Å². The van der Waals surface area contributed by atoms with Crippen molar-refractivity contribution >= 4 is 22.6 Å². The third-order valence-corrected chi connectivity index (χ3v) is 3.14. The molecule has 3 heteroatoms. The van der Waals surface area contributed by atoms with Gasteiger partial charge < -0.3 is 0 Å². The summed E-state index contributed by atoms with van der Waals surface area (Å²) in [5.41, 5.74) is 2.52. The molecule has 1 aromatic carbocycles. The minimum absolute atomic E-state index is 0.852. The number of hydrogen-bond donors (Lipinski definition) is 0. The molecule has 0 atom stereocenters. The molecule has 0 fully saturated rings. The van der Waals surface area contributed by atoms with Crippen molar-refractivity contribution in [3.8, 4) is 0 Å². The molecule has 0 unspecified atom stereocenters. The maximum Gasteiger partial charge on any atom is 0.126 e. The Bertz CT molecular complexity index is 401. The van der Waals surface area contributed by atoms with Crippen molar-refractivity contribution in [2.24, 2.45) is 0 Å². The predicted molar refractivity (Wildman–Crippen MR) is 65.2 cm³/mol. The number of rotatable bonds is 2. The summed E-state index contributed by atoms with van der Waals surface area (Å²) >= 11 is 2.26. The molecule has 2 aromatic rings. The van der Waals surface area contributed by atoms with E-state index in [2.05, 4.69) is 65.1 Å². The Hall–Kier alpha value is -0.840. The van der Waals surface area contributed by atoms with Crippen LogP contribution < -0.4 is 0 Å². The molecule has 14 heavy (non-hydrogen) atoms. The molecule has 2 nitrogen and oxygen atoms in total. The highest BCUT2D eigenvalue weighted by atomic mass is 127. The summed E-state index contributed by atoms with van der Waals surface area (Å²) in [6.07, 6.45) is 2.08. The van der Waals surface area contributed by atoms with Crippen molar-refractivity contribution < 1.29 is 0 Å². The molecular weight excluding hydrogens is 287 g/mol. The third-order valence-electron chi connectivity index (χ3n) is 2.07. The monoisotopic (exact) mass is 298 g/mol. The van der Waals surface area contributed by atoms with E-state index in [1.807, 2.05) is 10.7 Å². The lowest BCUT2D eigenvalue weighted by Crippen LogP contribution is -1.99. The summed E-state index contributed by atoms with van der Waals surface area (Å²) in [6, 6.07) is 10.4. The van der Waals surface area contributed by atoms with Gasteiger partial charge in [0.1, 0.15) is 3.70 Å². The molecule has 72 valence electrons. The Morgan fingerprint density at radius 2 is 2.00 bits per heavy atom. The molecule has 0 saturated heterocycles. The van der Waals surface area contributed by atoms with E-state index in [0.29, 0.717) is 0 Å². The van der Waals surface area contributed by atoms with Crippen LogP contribution in [-0.2, 0) is 6.54 Å². The van der Waals surface area contributed by atoms with Crippen LogP contribution in [0, 0.1) is 10.6 Å². The Kier molecular flexibility index (Phi) is 2.86. The number of aromatic nitrogens is 2. The van der Waals surface area contributed by atoms with Gasteiger partial charge in [-0.25, -0.2) is 0 Å². The van der Waals surface area contributed by atoms with E-state index < -0.39 is 0 Å². The van der Waals surface area contributed by atoms with Crippen molar-refractivity contribution in [3.05, 3.63) is 51.4 Å². The average Bonchev–Trinajstić information content (AvgIpc) is 2.47. The van der Waals surface area contributed by atoms with Crippen LogP contribution in [0.15, 0.2) is 36.5 Å². The van der Waals surface area contributed by atoms with Crippen molar-refractivity contribution in [1.29, 1.82) is 0 Å². The van der Waals surface area contributed by atoms with Crippen LogP contribution >= 0.6 is 22.6 Å². The number of benzene rings is 1. The number of aryl methyl sites for hydroxylation is 1. The number of halogens is 1. The highest BCUT2D eigenvalue weighted by molar-refractivity contribution is 14.1. The van der Waals surface area contributed by atoms with Gasteiger partial charge in [-0.05, 0) is 35.1 Å². The SMILES string of the molecule is Cc1cn(Cc2ccccc2)nc1I. The van der Waals surface area contributed by atoms with Crippen molar-refractivity contribution in [3.63, 3.8) is 0 Å². The molecule has 0 aliphatic heterocycles. The zero-order valence-corrected chi connectivity index (χ0v) is 10.1. The van der Waals surface area contributed by atoms with E-state index >= 15 is 0 Å². The largest absolute Gasteiger partial charge is 0.267 e. The third kappa shape index (κ3) is 2.15. The minimum Gasteiger partial charge on any atom is -0.267 e. The highest BCUT2D eigenvalue weighted by Gasteiger charge is 2.01. The lowest BCUT2D eigenvalue weighted by atomic mass is 10.2. The molecule has 2 rings (SSSR count). The zero-order valence-electron chi connectivity index (χ0n) is 7.94. The van der Waals surface area contributed by atoms with Gasteiger partial charge in [-0.3, -0.25) is 4.68 Å². The van der Waals surface area contributed by atoms with E-state index in [1.165, 1.54) is 11.1 Å². The molecule has 0 spiro atoms. The maximum atomic E-state index is 4.41. The normalized spacial score (nSPS) is 10.4. The quantitative estimate of drug-likeness (QED) is 0.780. The first-order valence-electron chi connectivity index (χ1n) is 4.49. The Balaban J connectivity index is 2.19. The second-order valence-corrected chi connectivity index (χ2v) is 4.31. The topological polar surface area (TPSA) is 17.8 Å². The van der Waals surface area contributed by atoms with Gasteiger partial charge in [-0.15, -0.1) is 0 Å². The first-order chi connectivity index (χ1) is 6.75. The van der Waals surface area contributed by atoms with Gasteiger partial charge in [-0.1, -0.05) is 30.3 Å². The second kappa shape index (κ2) is 4.13.